The van der Waals surface area contributed by atoms with E-state index in [1.54, 1.807) is 0 Å². The SMILES string of the molecule is CCC(C(C)CCc1ccc(N=C(c2ccccc2)c2ccccc2)cc1)C1C(C)OC(C)(C)N1C(=O)OC(C)(C)C. The molecular formula is C37H48N2O3. The van der Waals surface area contributed by atoms with Crippen LogP contribution in [0.3, 0.4) is 0 Å². The minimum absolute atomic E-state index is 0.0408. The van der Waals surface area contributed by atoms with Crippen LogP contribution in [0.4, 0.5) is 10.5 Å². The Hall–Kier alpha value is -3.44. The number of carbonyl (C=O) groups excluding carboxylic acids is 1. The number of aliphatic imine (C=N–C) groups is 1. The molecule has 42 heavy (non-hydrogen) atoms. The van der Waals surface area contributed by atoms with Gasteiger partial charge in [0.25, 0.3) is 0 Å². The van der Waals surface area contributed by atoms with Crippen LogP contribution in [0.2, 0.25) is 0 Å². The summed E-state index contributed by atoms with van der Waals surface area (Å²) in [6.45, 7) is 16.3. The number of nitrogens with zero attached hydrogens (tertiary/aromatic N) is 2. The Kier molecular flexibility index (Phi) is 9.93. The molecule has 1 fully saturated rings. The zero-order chi connectivity index (χ0) is 30.5. The molecule has 0 saturated carbocycles. The van der Waals surface area contributed by atoms with E-state index in [1.807, 2.05) is 75.9 Å². The maximum absolute atomic E-state index is 13.4. The van der Waals surface area contributed by atoms with Gasteiger partial charge in [0, 0.05) is 11.1 Å². The maximum Gasteiger partial charge on any atom is 0.412 e. The molecule has 4 rings (SSSR count). The van der Waals surface area contributed by atoms with Crippen molar-refractivity contribution >= 4 is 17.5 Å². The van der Waals surface area contributed by atoms with Crippen LogP contribution in [0.1, 0.15) is 84.9 Å². The number of hydrogen-bond acceptors (Lipinski definition) is 4. The van der Waals surface area contributed by atoms with Crippen molar-refractivity contribution in [3.05, 3.63) is 102 Å². The second kappa shape index (κ2) is 13.2. The van der Waals surface area contributed by atoms with E-state index in [-0.39, 0.29) is 24.2 Å². The summed E-state index contributed by atoms with van der Waals surface area (Å²) in [6.07, 6.45) is 2.58. The molecule has 0 radical (unpaired) electrons. The first-order chi connectivity index (χ1) is 19.9. The maximum atomic E-state index is 13.4. The highest BCUT2D eigenvalue weighted by atomic mass is 16.6. The Morgan fingerprint density at radius 1 is 0.952 bits per heavy atom. The number of amides is 1. The Morgan fingerprint density at radius 2 is 1.50 bits per heavy atom. The summed E-state index contributed by atoms with van der Waals surface area (Å²) in [5.41, 5.74) is 4.12. The molecule has 1 heterocycles. The summed E-state index contributed by atoms with van der Waals surface area (Å²) in [7, 11) is 0. The Balaban J connectivity index is 1.47. The second-order valence-electron chi connectivity index (χ2n) is 13.1. The largest absolute Gasteiger partial charge is 0.444 e. The molecule has 0 bridgehead atoms. The molecule has 1 aliphatic heterocycles. The first kappa shape index (κ1) is 31.5. The third-order valence-corrected chi connectivity index (χ3v) is 8.22. The molecule has 1 aliphatic rings. The fraction of sp³-hybridized carbons (Fsp3) is 0.459. The molecular weight excluding hydrogens is 520 g/mol. The summed E-state index contributed by atoms with van der Waals surface area (Å²) in [6, 6.07) is 29.2. The number of ether oxygens (including phenoxy) is 2. The van der Waals surface area contributed by atoms with Gasteiger partial charge < -0.3 is 9.47 Å². The van der Waals surface area contributed by atoms with Crippen molar-refractivity contribution in [2.24, 2.45) is 16.8 Å². The minimum atomic E-state index is -0.714. The van der Waals surface area contributed by atoms with E-state index in [1.165, 1.54) is 5.56 Å². The zero-order valence-corrected chi connectivity index (χ0v) is 26.6. The standard InChI is InChI=1S/C37H48N2O3/c1-9-32(34-27(3)41-37(7,8)39(34)35(40)42-36(4,5)6)26(2)20-21-28-22-24-31(25-23-28)38-33(29-16-12-10-13-17-29)30-18-14-11-15-19-30/h10-19,22-27,32,34H,9,20-21H2,1-8H3. The smallest absolute Gasteiger partial charge is 0.412 e. The highest BCUT2D eigenvalue weighted by molar-refractivity contribution is 6.13. The Bertz CT molecular complexity index is 1290. The van der Waals surface area contributed by atoms with Gasteiger partial charge in [-0.3, -0.25) is 4.90 Å². The quantitative estimate of drug-likeness (QED) is 0.242. The van der Waals surface area contributed by atoms with Gasteiger partial charge in [-0.05, 0) is 83.9 Å². The molecule has 0 aromatic heterocycles. The van der Waals surface area contributed by atoms with E-state index in [9.17, 15) is 4.79 Å². The molecule has 1 amide bonds. The van der Waals surface area contributed by atoms with Crippen molar-refractivity contribution in [3.8, 4) is 0 Å². The molecule has 4 unspecified atom stereocenters. The fourth-order valence-corrected chi connectivity index (χ4v) is 6.29. The van der Waals surface area contributed by atoms with Gasteiger partial charge in [0.05, 0.1) is 23.5 Å². The first-order valence-electron chi connectivity index (χ1n) is 15.4. The predicted octanol–water partition coefficient (Wildman–Crippen LogP) is 9.21. The normalized spacial score (nSPS) is 19.7. The van der Waals surface area contributed by atoms with Crippen LogP contribution in [0.5, 0.6) is 0 Å². The van der Waals surface area contributed by atoms with Crippen molar-refractivity contribution in [3.63, 3.8) is 0 Å². The van der Waals surface area contributed by atoms with Crippen LogP contribution in [0, 0.1) is 11.8 Å². The number of aryl methyl sites for hydroxylation is 1. The van der Waals surface area contributed by atoms with E-state index in [0.29, 0.717) is 5.92 Å². The van der Waals surface area contributed by atoms with Crippen LogP contribution in [0.15, 0.2) is 89.9 Å². The van der Waals surface area contributed by atoms with E-state index < -0.39 is 11.3 Å². The average Bonchev–Trinajstić information content (AvgIpc) is 3.19. The van der Waals surface area contributed by atoms with Gasteiger partial charge in [-0.25, -0.2) is 9.79 Å². The molecule has 3 aromatic rings. The van der Waals surface area contributed by atoms with Crippen LogP contribution >= 0.6 is 0 Å². The fourth-order valence-electron chi connectivity index (χ4n) is 6.29. The summed E-state index contributed by atoms with van der Waals surface area (Å²) in [5, 5.41) is 0. The Labute approximate surface area is 253 Å². The Morgan fingerprint density at radius 3 is 2.00 bits per heavy atom. The topological polar surface area (TPSA) is 51.1 Å². The number of rotatable bonds is 9. The van der Waals surface area contributed by atoms with Gasteiger partial charge in [0.15, 0.2) is 0 Å². The molecule has 5 heteroatoms. The molecule has 224 valence electrons. The zero-order valence-electron chi connectivity index (χ0n) is 26.6. The lowest BCUT2D eigenvalue weighted by atomic mass is 9.79. The van der Waals surface area contributed by atoms with Crippen LogP contribution in [-0.4, -0.2) is 40.2 Å². The van der Waals surface area contributed by atoms with Gasteiger partial charge in [-0.1, -0.05) is 93.1 Å². The van der Waals surface area contributed by atoms with E-state index in [0.717, 1.165) is 41.8 Å². The monoisotopic (exact) mass is 568 g/mol. The van der Waals surface area contributed by atoms with Crippen molar-refractivity contribution in [2.75, 3.05) is 0 Å². The summed E-state index contributed by atoms with van der Waals surface area (Å²) in [4.78, 5) is 20.3. The van der Waals surface area contributed by atoms with Gasteiger partial charge in [0.2, 0.25) is 0 Å². The highest BCUT2D eigenvalue weighted by Gasteiger charge is 2.52. The van der Waals surface area contributed by atoms with E-state index in [4.69, 9.17) is 14.5 Å². The molecule has 5 nitrogen and oxygen atoms in total. The number of benzene rings is 3. The van der Waals surface area contributed by atoms with Gasteiger partial charge in [-0.15, -0.1) is 0 Å². The number of hydrogen-bond donors (Lipinski definition) is 0. The molecule has 0 spiro atoms. The molecule has 0 N–H and O–H groups in total. The van der Waals surface area contributed by atoms with Gasteiger partial charge in [-0.2, -0.15) is 0 Å². The molecule has 3 aromatic carbocycles. The average molecular weight is 569 g/mol. The first-order valence-corrected chi connectivity index (χ1v) is 15.4. The van der Waals surface area contributed by atoms with E-state index >= 15 is 0 Å². The third-order valence-electron chi connectivity index (χ3n) is 8.22. The van der Waals surface area contributed by atoms with Gasteiger partial charge >= 0.3 is 6.09 Å². The lowest BCUT2D eigenvalue weighted by molar-refractivity contribution is -0.0766. The molecule has 4 atom stereocenters. The third kappa shape index (κ3) is 7.69. The van der Waals surface area contributed by atoms with Gasteiger partial charge in [0.1, 0.15) is 11.3 Å². The lowest BCUT2D eigenvalue weighted by Crippen LogP contribution is -2.53. The molecule has 0 aliphatic carbocycles. The van der Waals surface area contributed by atoms with E-state index in [2.05, 4.69) is 69.3 Å². The minimum Gasteiger partial charge on any atom is -0.444 e. The second-order valence-corrected chi connectivity index (χ2v) is 13.1. The van der Waals surface area contributed by atoms with Crippen molar-refractivity contribution in [1.29, 1.82) is 0 Å². The van der Waals surface area contributed by atoms with Crippen LogP contribution in [-0.2, 0) is 15.9 Å². The molecule has 1 saturated heterocycles. The summed E-state index contributed by atoms with van der Waals surface area (Å²) >= 11 is 0. The number of carbonyl (C=O) groups is 1. The van der Waals surface area contributed by atoms with Crippen LogP contribution in [0.25, 0.3) is 0 Å². The summed E-state index contributed by atoms with van der Waals surface area (Å²) < 4.78 is 12.2. The summed E-state index contributed by atoms with van der Waals surface area (Å²) in [5.74, 6) is 0.683. The van der Waals surface area contributed by atoms with Crippen molar-refractivity contribution < 1.29 is 14.3 Å². The predicted molar refractivity (Wildman–Crippen MR) is 172 cm³/mol. The lowest BCUT2D eigenvalue weighted by Gasteiger charge is -2.39. The van der Waals surface area contributed by atoms with Crippen molar-refractivity contribution in [2.45, 2.75) is 98.1 Å². The van der Waals surface area contributed by atoms with Crippen molar-refractivity contribution in [1.82, 2.24) is 4.90 Å². The highest BCUT2D eigenvalue weighted by Crippen LogP contribution is 2.41. The van der Waals surface area contributed by atoms with Crippen LogP contribution < -0.4 is 0 Å².